The number of carbonyl (C=O) groups is 1. The van der Waals surface area contributed by atoms with Crippen LogP contribution in [-0.4, -0.2) is 37.7 Å². The fourth-order valence-electron chi connectivity index (χ4n) is 3.21. The van der Waals surface area contributed by atoms with Gasteiger partial charge in [-0.1, -0.05) is 12.1 Å². The van der Waals surface area contributed by atoms with E-state index in [-0.39, 0.29) is 18.3 Å². The van der Waals surface area contributed by atoms with E-state index in [1.165, 1.54) is 22.5 Å². The number of hydrogen-bond acceptors (Lipinski definition) is 5. The molecule has 7 heteroatoms. The minimum absolute atomic E-state index is 0. The van der Waals surface area contributed by atoms with Crippen LogP contribution in [0.25, 0.3) is 11.3 Å². The summed E-state index contributed by atoms with van der Waals surface area (Å²) in [6.45, 7) is 6.31. The second kappa shape index (κ2) is 8.95. The molecule has 2 N–H and O–H groups in total. The predicted octanol–water partition coefficient (Wildman–Crippen LogP) is 3.80. The predicted molar refractivity (Wildman–Crippen MR) is 109 cm³/mol. The van der Waals surface area contributed by atoms with Crippen LogP contribution in [0.5, 0.6) is 0 Å². The first kappa shape index (κ1) is 20.8. The summed E-state index contributed by atoms with van der Waals surface area (Å²) in [6.07, 6.45) is 1.56. The molecule has 0 spiro atoms. The van der Waals surface area contributed by atoms with Gasteiger partial charge in [-0.15, -0.1) is 23.7 Å². The van der Waals surface area contributed by atoms with Crippen LogP contribution in [-0.2, 0) is 9.53 Å². The van der Waals surface area contributed by atoms with E-state index >= 15 is 0 Å². The highest BCUT2D eigenvalue weighted by Crippen LogP contribution is 2.32. The topological polar surface area (TPSA) is 63.2 Å². The van der Waals surface area contributed by atoms with Crippen LogP contribution in [0.1, 0.15) is 24.0 Å². The molecule has 0 saturated carbocycles. The molecule has 0 atom stereocenters. The number of amides is 1. The van der Waals surface area contributed by atoms with Crippen molar-refractivity contribution in [1.29, 1.82) is 0 Å². The molecule has 0 radical (unpaired) electrons. The van der Waals surface area contributed by atoms with Crippen LogP contribution >= 0.6 is 23.7 Å². The number of piperidine rings is 1. The number of carbonyl (C=O) groups excluding carboxylic acids is 1. The number of rotatable bonds is 5. The molecular formula is C19H26ClN3O2S. The fourth-order valence-corrected chi connectivity index (χ4v) is 3.93. The Morgan fingerprint density at radius 3 is 2.69 bits per heavy atom. The minimum Gasteiger partial charge on any atom is -0.384 e. The lowest BCUT2D eigenvalue weighted by Crippen LogP contribution is -2.47. The molecule has 0 aliphatic carbocycles. The number of methoxy groups -OCH3 is 1. The van der Waals surface area contributed by atoms with Gasteiger partial charge in [0.25, 0.3) is 0 Å². The monoisotopic (exact) mass is 395 g/mol. The molecule has 1 fully saturated rings. The molecule has 2 aromatic rings. The molecule has 1 aliphatic heterocycles. The SMILES string of the molecule is COCC1(C(=O)Nc2nc(-c3ccc(C)c(C)c3)cs2)CCNCC1.Cl. The second-order valence-corrected chi connectivity index (χ2v) is 7.61. The van der Waals surface area contributed by atoms with Gasteiger partial charge in [-0.25, -0.2) is 4.98 Å². The number of benzene rings is 1. The van der Waals surface area contributed by atoms with Crippen LogP contribution in [0, 0.1) is 19.3 Å². The van der Waals surface area contributed by atoms with Crippen molar-refractivity contribution in [1.82, 2.24) is 10.3 Å². The van der Waals surface area contributed by atoms with E-state index in [4.69, 9.17) is 4.74 Å². The molecule has 3 rings (SSSR count). The second-order valence-electron chi connectivity index (χ2n) is 6.75. The number of thiazole rings is 1. The standard InChI is InChI=1S/C19H25N3O2S.ClH/c1-13-4-5-15(10-14(13)2)16-11-25-18(21-16)22-17(23)19(12-24-3)6-8-20-9-7-19;/h4-5,10-11,20H,6-9,12H2,1-3H3,(H,21,22,23);1H. The van der Waals surface area contributed by atoms with Gasteiger partial charge in [-0.05, 0) is 57.0 Å². The highest BCUT2D eigenvalue weighted by atomic mass is 35.5. The fraction of sp³-hybridized carbons (Fsp3) is 0.474. The molecule has 0 unspecified atom stereocenters. The summed E-state index contributed by atoms with van der Waals surface area (Å²) < 4.78 is 5.34. The van der Waals surface area contributed by atoms with Gasteiger partial charge in [0.1, 0.15) is 0 Å². The third-order valence-electron chi connectivity index (χ3n) is 4.99. The zero-order valence-electron chi connectivity index (χ0n) is 15.4. The van der Waals surface area contributed by atoms with Crippen molar-refractivity contribution in [2.75, 3.05) is 32.1 Å². The maximum atomic E-state index is 12.9. The first-order chi connectivity index (χ1) is 12.0. The number of nitrogens with zero attached hydrogens (tertiary/aromatic N) is 1. The zero-order chi connectivity index (χ0) is 17.9. The normalized spacial score (nSPS) is 16.0. The highest BCUT2D eigenvalue weighted by molar-refractivity contribution is 7.14. The Bertz CT molecular complexity index is 751. The lowest BCUT2D eigenvalue weighted by molar-refractivity contribution is -0.130. The maximum Gasteiger partial charge on any atom is 0.234 e. The number of aromatic nitrogens is 1. The third kappa shape index (κ3) is 4.43. The van der Waals surface area contributed by atoms with Crippen LogP contribution in [0.3, 0.4) is 0 Å². The maximum absolute atomic E-state index is 12.9. The van der Waals surface area contributed by atoms with Crippen LogP contribution in [0.4, 0.5) is 5.13 Å². The van der Waals surface area contributed by atoms with Gasteiger partial charge in [0.05, 0.1) is 17.7 Å². The van der Waals surface area contributed by atoms with Gasteiger partial charge in [0.2, 0.25) is 5.91 Å². The summed E-state index contributed by atoms with van der Waals surface area (Å²) in [6, 6.07) is 6.31. The van der Waals surface area contributed by atoms with Crippen molar-refractivity contribution in [2.24, 2.45) is 5.41 Å². The van der Waals surface area contributed by atoms with E-state index in [2.05, 4.69) is 47.7 Å². The Balaban J connectivity index is 0.00000243. The van der Waals surface area contributed by atoms with Gasteiger partial charge in [0.15, 0.2) is 5.13 Å². The summed E-state index contributed by atoms with van der Waals surface area (Å²) in [4.78, 5) is 17.5. The number of aryl methyl sites for hydroxylation is 2. The Labute approximate surface area is 165 Å². The molecule has 0 bridgehead atoms. The summed E-state index contributed by atoms with van der Waals surface area (Å²) >= 11 is 1.46. The summed E-state index contributed by atoms with van der Waals surface area (Å²) in [5, 5.41) is 8.95. The van der Waals surface area contributed by atoms with Crippen LogP contribution in [0.15, 0.2) is 23.6 Å². The molecule has 142 valence electrons. The van der Waals surface area contributed by atoms with E-state index in [1.54, 1.807) is 7.11 Å². The minimum atomic E-state index is -0.466. The lowest BCUT2D eigenvalue weighted by atomic mass is 9.79. The molecule has 1 aromatic heterocycles. The molecule has 1 amide bonds. The number of halogens is 1. The first-order valence-electron chi connectivity index (χ1n) is 8.58. The smallest absolute Gasteiger partial charge is 0.234 e. The summed E-state index contributed by atoms with van der Waals surface area (Å²) in [5.41, 5.74) is 4.01. The summed E-state index contributed by atoms with van der Waals surface area (Å²) in [5.74, 6) is 0.0110. The largest absolute Gasteiger partial charge is 0.384 e. The first-order valence-corrected chi connectivity index (χ1v) is 9.46. The van der Waals surface area contributed by atoms with Gasteiger partial charge < -0.3 is 15.4 Å². The van der Waals surface area contributed by atoms with Crippen molar-refractivity contribution >= 4 is 34.8 Å². The van der Waals surface area contributed by atoms with Gasteiger partial charge in [0, 0.05) is 18.1 Å². The van der Waals surface area contributed by atoms with Crippen molar-refractivity contribution < 1.29 is 9.53 Å². The van der Waals surface area contributed by atoms with Crippen molar-refractivity contribution in [3.05, 3.63) is 34.7 Å². The lowest BCUT2D eigenvalue weighted by Gasteiger charge is -2.35. The average molecular weight is 396 g/mol. The van der Waals surface area contributed by atoms with Gasteiger partial charge in [-0.3, -0.25) is 4.79 Å². The van der Waals surface area contributed by atoms with E-state index in [0.717, 1.165) is 37.2 Å². The number of hydrogen-bond donors (Lipinski definition) is 2. The van der Waals surface area contributed by atoms with Crippen molar-refractivity contribution in [2.45, 2.75) is 26.7 Å². The Hall–Kier alpha value is -1.47. The molecule has 26 heavy (non-hydrogen) atoms. The molecule has 5 nitrogen and oxygen atoms in total. The van der Waals surface area contributed by atoms with E-state index < -0.39 is 5.41 Å². The Morgan fingerprint density at radius 1 is 1.31 bits per heavy atom. The van der Waals surface area contributed by atoms with E-state index in [1.807, 2.05) is 5.38 Å². The molecule has 1 saturated heterocycles. The number of ether oxygens (including phenoxy) is 1. The number of anilines is 1. The average Bonchev–Trinajstić information content (AvgIpc) is 3.07. The molecular weight excluding hydrogens is 370 g/mol. The highest BCUT2D eigenvalue weighted by Gasteiger charge is 2.40. The van der Waals surface area contributed by atoms with Crippen molar-refractivity contribution in [3.63, 3.8) is 0 Å². The third-order valence-corrected chi connectivity index (χ3v) is 5.75. The number of nitrogens with one attached hydrogen (secondary N) is 2. The quantitative estimate of drug-likeness (QED) is 0.808. The summed E-state index contributed by atoms with van der Waals surface area (Å²) in [7, 11) is 1.65. The van der Waals surface area contributed by atoms with E-state index in [0.29, 0.717) is 11.7 Å². The molecule has 2 heterocycles. The Kier molecular flexibility index (Phi) is 7.17. The van der Waals surface area contributed by atoms with Gasteiger partial charge >= 0.3 is 0 Å². The molecule has 1 aromatic carbocycles. The van der Waals surface area contributed by atoms with E-state index in [9.17, 15) is 4.79 Å². The zero-order valence-corrected chi connectivity index (χ0v) is 17.1. The van der Waals surface area contributed by atoms with Gasteiger partial charge in [-0.2, -0.15) is 0 Å². The van der Waals surface area contributed by atoms with Crippen LogP contribution in [0.2, 0.25) is 0 Å². The molecule has 1 aliphatic rings. The Morgan fingerprint density at radius 2 is 2.04 bits per heavy atom. The van der Waals surface area contributed by atoms with Crippen molar-refractivity contribution in [3.8, 4) is 11.3 Å². The van der Waals surface area contributed by atoms with Crippen LogP contribution < -0.4 is 10.6 Å².